The molecule has 0 radical (unpaired) electrons. The van der Waals surface area contributed by atoms with Crippen LogP contribution < -0.4 is 10.1 Å². The minimum absolute atomic E-state index is 0.180. The van der Waals surface area contributed by atoms with Crippen molar-refractivity contribution < 1.29 is 18.7 Å². The van der Waals surface area contributed by atoms with Gasteiger partial charge in [-0.1, -0.05) is 36.8 Å². The van der Waals surface area contributed by atoms with Crippen molar-refractivity contribution in [2.45, 2.75) is 46.7 Å². The van der Waals surface area contributed by atoms with E-state index in [2.05, 4.69) is 5.32 Å². The minimum Gasteiger partial charge on any atom is -0.483 e. The highest BCUT2D eigenvalue weighted by molar-refractivity contribution is 5.88. The van der Waals surface area contributed by atoms with Gasteiger partial charge in [0.05, 0.1) is 0 Å². The summed E-state index contributed by atoms with van der Waals surface area (Å²) in [4.78, 5) is 27.0. The van der Waals surface area contributed by atoms with Gasteiger partial charge < -0.3 is 15.0 Å². The van der Waals surface area contributed by atoms with Gasteiger partial charge in [-0.15, -0.1) is 0 Å². The third-order valence-electron chi connectivity index (χ3n) is 4.68. The molecule has 1 atom stereocenters. The summed E-state index contributed by atoms with van der Waals surface area (Å²) >= 11 is 0. The number of ether oxygens (including phenoxy) is 1. The zero-order valence-electron chi connectivity index (χ0n) is 17.5. The number of hydrogen-bond acceptors (Lipinski definition) is 3. The van der Waals surface area contributed by atoms with E-state index in [1.165, 1.54) is 17.0 Å². The molecule has 6 heteroatoms. The quantitative estimate of drug-likeness (QED) is 0.697. The zero-order chi connectivity index (χ0) is 21.4. The Morgan fingerprint density at radius 3 is 2.38 bits per heavy atom. The summed E-state index contributed by atoms with van der Waals surface area (Å²) in [5.41, 5.74) is 2.80. The van der Waals surface area contributed by atoms with Crippen LogP contribution in [0.3, 0.4) is 0 Å². The van der Waals surface area contributed by atoms with Crippen molar-refractivity contribution in [2.24, 2.45) is 0 Å². The topological polar surface area (TPSA) is 58.6 Å². The third-order valence-corrected chi connectivity index (χ3v) is 4.68. The predicted molar refractivity (Wildman–Crippen MR) is 111 cm³/mol. The van der Waals surface area contributed by atoms with E-state index >= 15 is 0 Å². The maximum atomic E-state index is 13.2. The smallest absolute Gasteiger partial charge is 0.261 e. The summed E-state index contributed by atoms with van der Waals surface area (Å²) in [6.45, 7) is 8.10. The van der Waals surface area contributed by atoms with Crippen LogP contribution in [0.1, 0.15) is 37.0 Å². The predicted octanol–water partition coefficient (Wildman–Crippen LogP) is 3.76. The van der Waals surface area contributed by atoms with Gasteiger partial charge in [0.1, 0.15) is 17.6 Å². The van der Waals surface area contributed by atoms with Gasteiger partial charge in [-0.3, -0.25) is 9.59 Å². The zero-order valence-corrected chi connectivity index (χ0v) is 17.5. The molecule has 0 fully saturated rings. The summed E-state index contributed by atoms with van der Waals surface area (Å²) in [6, 6.07) is 11.0. The van der Waals surface area contributed by atoms with Crippen LogP contribution in [0.25, 0.3) is 0 Å². The molecular weight excluding hydrogens is 371 g/mol. The van der Waals surface area contributed by atoms with E-state index in [4.69, 9.17) is 4.74 Å². The first-order chi connectivity index (χ1) is 13.8. The monoisotopic (exact) mass is 400 g/mol. The molecule has 0 aliphatic carbocycles. The largest absolute Gasteiger partial charge is 0.483 e. The van der Waals surface area contributed by atoms with Gasteiger partial charge in [0.15, 0.2) is 6.61 Å². The number of benzene rings is 2. The van der Waals surface area contributed by atoms with Gasteiger partial charge in [-0.2, -0.15) is 0 Å². The maximum Gasteiger partial charge on any atom is 0.261 e. The Bertz CT molecular complexity index is 837. The lowest BCUT2D eigenvalue weighted by Crippen LogP contribution is -2.50. The molecule has 1 N–H and O–H groups in total. The van der Waals surface area contributed by atoms with Gasteiger partial charge in [0.2, 0.25) is 5.91 Å². The van der Waals surface area contributed by atoms with Crippen LogP contribution >= 0.6 is 0 Å². The van der Waals surface area contributed by atoms with Gasteiger partial charge >= 0.3 is 0 Å². The summed E-state index contributed by atoms with van der Waals surface area (Å²) in [5, 5.41) is 2.78. The Morgan fingerprint density at radius 1 is 1.10 bits per heavy atom. The number of nitrogens with zero attached hydrogens (tertiary/aromatic N) is 1. The summed E-state index contributed by atoms with van der Waals surface area (Å²) in [5.74, 6) is -0.221. The van der Waals surface area contributed by atoms with Crippen molar-refractivity contribution in [1.82, 2.24) is 10.2 Å². The Morgan fingerprint density at radius 2 is 1.79 bits per heavy atom. The number of likely N-dealkylation sites (N-methyl/N-ethyl adjacent to an activating group) is 1. The lowest BCUT2D eigenvalue weighted by atomic mass is 10.1. The van der Waals surface area contributed by atoms with E-state index in [0.717, 1.165) is 16.7 Å². The third kappa shape index (κ3) is 6.31. The highest BCUT2D eigenvalue weighted by Gasteiger charge is 2.28. The molecule has 0 spiro atoms. The number of carbonyl (C=O) groups is 2. The molecule has 5 nitrogen and oxygen atoms in total. The van der Waals surface area contributed by atoms with Crippen LogP contribution in [-0.4, -0.2) is 35.9 Å². The van der Waals surface area contributed by atoms with Gasteiger partial charge in [-0.05, 0) is 56.5 Å². The van der Waals surface area contributed by atoms with Crippen LogP contribution in [-0.2, 0) is 16.1 Å². The fourth-order valence-corrected chi connectivity index (χ4v) is 3.18. The molecule has 0 bridgehead atoms. The lowest BCUT2D eigenvalue weighted by Gasteiger charge is -2.30. The standard InChI is InChI=1S/C23H29FN2O3/c1-5-20(23(28)25-6-2)26(14-18-8-10-19(24)11-9-18)22(27)15-29-21-12-7-16(3)13-17(21)4/h7-13,20H,5-6,14-15H2,1-4H3,(H,25,28). The molecule has 0 heterocycles. The normalized spacial score (nSPS) is 11.6. The second-order valence-corrected chi connectivity index (χ2v) is 7.02. The molecular formula is C23H29FN2O3. The molecule has 1 unspecified atom stereocenters. The fourth-order valence-electron chi connectivity index (χ4n) is 3.18. The molecule has 0 aliphatic rings. The maximum absolute atomic E-state index is 13.2. The van der Waals surface area contributed by atoms with Crippen molar-refractivity contribution in [2.75, 3.05) is 13.2 Å². The number of nitrogens with one attached hydrogen (secondary N) is 1. The van der Waals surface area contributed by atoms with E-state index in [1.807, 2.05) is 45.9 Å². The molecule has 0 saturated heterocycles. The van der Waals surface area contributed by atoms with E-state index in [9.17, 15) is 14.0 Å². The van der Waals surface area contributed by atoms with Gasteiger partial charge in [-0.25, -0.2) is 4.39 Å². The summed E-state index contributed by atoms with van der Waals surface area (Å²) in [7, 11) is 0. The van der Waals surface area contributed by atoms with E-state index in [-0.39, 0.29) is 30.8 Å². The highest BCUT2D eigenvalue weighted by atomic mass is 19.1. The number of aryl methyl sites for hydroxylation is 2. The number of amides is 2. The molecule has 0 aromatic heterocycles. The summed E-state index contributed by atoms with van der Waals surface area (Å²) < 4.78 is 19.0. The van der Waals surface area contributed by atoms with Crippen LogP contribution in [0.15, 0.2) is 42.5 Å². The average molecular weight is 400 g/mol. The van der Waals surface area contributed by atoms with Crippen LogP contribution in [0.5, 0.6) is 5.75 Å². The van der Waals surface area contributed by atoms with Crippen molar-refractivity contribution in [3.63, 3.8) is 0 Å². The van der Waals surface area contributed by atoms with Crippen molar-refractivity contribution in [3.8, 4) is 5.75 Å². The Kier molecular flexibility index (Phi) is 8.19. The van der Waals surface area contributed by atoms with E-state index in [1.54, 1.807) is 12.1 Å². The minimum atomic E-state index is -0.629. The van der Waals surface area contributed by atoms with Gasteiger partial charge in [0.25, 0.3) is 5.91 Å². The Balaban J connectivity index is 2.20. The fraction of sp³-hybridized carbons (Fsp3) is 0.391. The second kappa shape index (κ2) is 10.6. The molecule has 0 saturated carbocycles. The summed E-state index contributed by atoms with van der Waals surface area (Å²) in [6.07, 6.45) is 0.461. The first kappa shape index (κ1) is 22.4. The van der Waals surface area contributed by atoms with Crippen LogP contribution in [0, 0.1) is 19.7 Å². The molecule has 2 rings (SSSR count). The van der Waals surface area contributed by atoms with E-state index < -0.39 is 6.04 Å². The SMILES string of the molecule is CCNC(=O)C(CC)N(Cc1ccc(F)cc1)C(=O)COc1ccc(C)cc1C. The molecule has 2 aromatic rings. The van der Waals surface area contributed by atoms with Gasteiger partial charge in [0, 0.05) is 13.1 Å². The molecule has 0 aliphatic heterocycles. The molecule has 156 valence electrons. The number of hydrogen-bond donors (Lipinski definition) is 1. The molecule has 2 amide bonds. The first-order valence-corrected chi connectivity index (χ1v) is 9.87. The highest BCUT2D eigenvalue weighted by Crippen LogP contribution is 2.19. The van der Waals surface area contributed by atoms with Crippen molar-refractivity contribution in [3.05, 3.63) is 65.0 Å². The van der Waals surface area contributed by atoms with Crippen molar-refractivity contribution >= 4 is 11.8 Å². The average Bonchev–Trinajstić information content (AvgIpc) is 2.68. The molecule has 29 heavy (non-hydrogen) atoms. The van der Waals surface area contributed by atoms with Crippen LogP contribution in [0.4, 0.5) is 4.39 Å². The first-order valence-electron chi connectivity index (χ1n) is 9.87. The van der Waals surface area contributed by atoms with Crippen LogP contribution in [0.2, 0.25) is 0 Å². The molecule has 2 aromatic carbocycles. The lowest BCUT2D eigenvalue weighted by molar-refractivity contribution is -0.142. The number of rotatable bonds is 9. The Hall–Kier alpha value is -2.89. The number of halogens is 1. The second-order valence-electron chi connectivity index (χ2n) is 7.02. The Labute approximate surface area is 171 Å². The van der Waals surface area contributed by atoms with Crippen molar-refractivity contribution in [1.29, 1.82) is 0 Å². The van der Waals surface area contributed by atoms with E-state index in [0.29, 0.717) is 18.7 Å². The number of carbonyl (C=O) groups excluding carboxylic acids is 2.